The van der Waals surface area contributed by atoms with Gasteiger partial charge in [0.15, 0.2) is 23.2 Å². The quantitative estimate of drug-likeness (QED) is 0.569. The Bertz CT molecular complexity index is 716. The summed E-state index contributed by atoms with van der Waals surface area (Å²) in [6.45, 7) is 1.41. The number of aliphatic hydroxyl groups excluding tert-OH is 3. The van der Waals surface area contributed by atoms with E-state index in [9.17, 15) is 15.3 Å². The molecular formula is C13H17N5O4. The molecule has 5 N–H and O–H groups in total. The zero-order valence-electron chi connectivity index (χ0n) is 11.9. The smallest absolute Gasteiger partial charge is 0.168 e. The van der Waals surface area contributed by atoms with Gasteiger partial charge in [-0.15, -0.1) is 0 Å². The van der Waals surface area contributed by atoms with Crippen LogP contribution in [0, 0.1) is 0 Å². The van der Waals surface area contributed by atoms with Crippen LogP contribution >= 0.6 is 0 Å². The van der Waals surface area contributed by atoms with Gasteiger partial charge in [-0.1, -0.05) is 6.08 Å². The first-order valence-corrected chi connectivity index (χ1v) is 6.82. The van der Waals surface area contributed by atoms with Gasteiger partial charge in [0.25, 0.3) is 0 Å². The van der Waals surface area contributed by atoms with Gasteiger partial charge in [0.1, 0.15) is 30.5 Å². The highest BCUT2D eigenvalue weighted by atomic mass is 16.6. The fourth-order valence-electron chi connectivity index (χ4n) is 2.55. The lowest BCUT2D eigenvalue weighted by atomic mass is 10.1. The van der Waals surface area contributed by atoms with Gasteiger partial charge >= 0.3 is 0 Å². The van der Waals surface area contributed by atoms with Crippen LogP contribution in [0.1, 0.15) is 19.0 Å². The number of allylic oxidation sites excluding steroid dienone is 1. The number of hydrogen-bond acceptors (Lipinski definition) is 8. The van der Waals surface area contributed by atoms with E-state index in [1.807, 2.05) is 6.92 Å². The molecule has 0 amide bonds. The van der Waals surface area contributed by atoms with Gasteiger partial charge in [-0.3, -0.25) is 4.57 Å². The maximum atomic E-state index is 10.2. The summed E-state index contributed by atoms with van der Waals surface area (Å²) in [7, 11) is 0. The molecule has 1 fully saturated rings. The van der Waals surface area contributed by atoms with E-state index in [-0.39, 0.29) is 5.82 Å². The predicted molar refractivity (Wildman–Crippen MR) is 77.5 cm³/mol. The van der Waals surface area contributed by atoms with Crippen LogP contribution in [0.2, 0.25) is 0 Å². The number of nitrogens with two attached hydrogens (primary N) is 1. The Hall–Kier alpha value is -2.07. The lowest BCUT2D eigenvalue weighted by Crippen LogP contribution is -2.33. The summed E-state index contributed by atoms with van der Waals surface area (Å²) < 4.78 is 7.09. The third-order valence-corrected chi connectivity index (χ3v) is 3.62. The molecule has 0 bridgehead atoms. The highest BCUT2D eigenvalue weighted by molar-refractivity contribution is 5.83. The van der Waals surface area contributed by atoms with E-state index in [2.05, 4.69) is 15.0 Å². The number of anilines is 1. The predicted octanol–water partition coefficient (Wildman–Crippen LogP) is -0.947. The molecule has 0 radical (unpaired) electrons. The standard InChI is InChI=1S/C13H17N5O4/c1-2-3-7-17-8-11(14)15-5-16-12(8)18(7)13-10(21)9(20)6(4-19)22-13/h2-3,5-6,9-10,13,19-21H,4H2,1H3,(H2,14,15,16)/t6-,9-,10-,13-/m1/s1. The number of fused-ring (bicyclic) bond motifs is 1. The van der Waals surface area contributed by atoms with Crippen LogP contribution in [-0.2, 0) is 4.74 Å². The van der Waals surface area contributed by atoms with Crippen LogP contribution in [0.15, 0.2) is 12.4 Å². The van der Waals surface area contributed by atoms with E-state index in [4.69, 9.17) is 10.5 Å². The molecule has 2 aromatic heterocycles. The molecule has 4 atom stereocenters. The number of aromatic nitrogens is 4. The number of nitrogens with zero attached hydrogens (tertiary/aromatic N) is 4. The Labute approximate surface area is 125 Å². The first kappa shape index (κ1) is 14.9. The second-order valence-electron chi connectivity index (χ2n) is 5.00. The molecule has 0 unspecified atom stereocenters. The average Bonchev–Trinajstić information content (AvgIpc) is 3.00. The van der Waals surface area contributed by atoms with E-state index >= 15 is 0 Å². The summed E-state index contributed by atoms with van der Waals surface area (Å²) in [6, 6.07) is 0. The minimum Gasteiger partial charge on any atom is -0.394 e. The summed E-state index contributed by atoms with van der Waals surface area (Å²) in [5.41, 5.74) is 6.57. The van der Waals surface area contributed by atoms with Crippen LogP contribution in [0.5, 0.6) is 0 Å². The van der Waals surface area contributed by atoms with Crippen molar-refractivity contribution in [3.05, 3.63) is 18.2 Å². The van der Waals surface area contributed by atoms with Gasteiger partial charge in [0.2, 0.25) is 0 Å². The molecule has 22 heavy (non-hydrogen) atoms. The molecule has 1 saturated heterocycles. The summed E-state index contributed by atoms with van der Waals surface area (Å²) >= 11 is 0. The molecule has 0 saturated carbocycles. The van der Waals surface area contributed by atoms with Crippen molar-refractivity contribution in [2.24, 2.45) is 0 Å². The van der Waals surface area contributed by atoms with Gasteiger partial charge in [0.05, 0.1) is 6.61 Å². The summed E-state index contributed by atoms with van der Waals surface area (Å²) in [5, 5.41) is 29.4. The minimum absolute atomic E-state index is 0.209. The topological polar surface area (TPSA) is 140 Å². The molecule has 9 heteroatoms. The maximum absolute atomic E-state index is 10.2. The number of nitrogen functional groups attached to an aromatic ring is 1. The third kappa shape index (κ3) is 2.15. The number of rotatable bonds is 3. The zero-order valence-corrected chi connectivity index (χ0v) is 11.9. The fourth-order valence-corrected chi connectivity index (χ4v) is 2.55. The lowest BCUT2D eigenvalue weighted by Gasteiger charge is -2.18. The molecule has 0 aromatic carbocycles. The SMILES string of the molecule is CC=Cc1nc2c(N)ncnc2n1[C@@H]1O[C@H](CO)[C@@H](O)[C@H]1O. The Morgan fingerprint density at radius 2 is 2.14 bits per heavy atom. The Kier molecular flexibility index (Phi) is 3.79. The maximum Gasteiger partial charge on any atom is 0.168 e. The molecule has 1 aliphatic rings. The van der Waals surface area contributed by atoms with E-state index in [1.165, 1.54) is 10.9 Å². The van der Waals surface area contributed by atoms with Crippen molar-refractivity contribution >= 4 is 23.1 Å². The van der Waals surface area contributed by atoms with Crippen molar-refractivity contribution in [2.45, 2.75) is 31.5 Å². The van der Waals surface area contributed by atoms with E-state index in [0.29, 0.717) is 17.0 Å². The van der Waals surface area contributed by atoms with Crippen LogP contribution in [0.25, 0.3) is 17.2 Å². The number of imidazole rings is 1. The second-order valence-corrected chi connectivity index (χ2v) is 5.00. The normalized spacial score (nSPS) is 28.9. The summed E-state index contributed by atoms with van der Waals surface area (Å²) in [4.78, 5) is 12.4. The van der Waals surface area contributed by atoms with Crippen LogP contribution in [-0.4, -0.2) is 59.8 Å². The van der Waals surface area contributed by atoms with Crippen molar-refractivity contribution in [3.63, 3.8) is 0 Å². The largest absolute Gasteiger partial charge is 0.394 e. The van der Waals surface area contributed by atoms with Gasteiger partial charge < -0.3 is 25.8 Å². The Morgan fingerprint density at radius 3 is 2.77 bits per heavy atom. The summed E-state index contributed by atoms with van der Waals surface area (Å²) in [5.74, 6) is 0.667. The van der Waals surface area contributed by atoms with E-state index in [0.717, 1.165) is 0 Å². The van der Waals surface area contributed by atoms with Gasteiger partial charge in [-0.2, -0.15) is 0 Å². The van der Waals surface area contributed by atoms with Crippen LogP contribution < -0.4 is 5.73 Å². The van der Waals surface area contributed by atoms with E-state index in [1.54, 1.807) is 12.2 Å². The van der Waals surface area contributed by atoms with Crippen LogP contribution in [0.4, 0.5) is 5.82 Å². The van der Waals surface area contributed by atoms with Crippen molar-refractivity contribution in [3.8, 4) is 0 Å². The van der Waals surface area contributed by atoms with Crippen molar-refractivity contribution in [1.29, 1.82) is 0 Å². The molecule has 1 aliphatic heterocycles. The number of hydrogen-bond donors (Lipinski definition) is 4. The highest BCUT2D eigenvalue weighted by Crippen LogP contribution is 2.33. The number of aliphatic hydroxyl groups is 3. The van der Waals surface area contributed by atoms with Gasteiger partial charge in [-0.25, -0.2) is 15.0 Å². The first-order valence-electron chi connectivity index (χ1n) is 6.82. The second kappa shape index (κ2) is 5.61. The third-order valence-electron chi connectivity index (χ3n) is 3.62. The highest BCUT2D eigenvalue weighted by Gasteiger charge is 2.44. The molecule has 9 nitrogen and oxygen atoms in total. The van der Waals surface area contributed by atoms with Gasteiger partial charge in [0, 0.05) is 0 Å². The molecule has 2 aromatic rings. The van der Waals surface area contributed by atoms with Crippen LogP contribution in [0.3, 0.4) is 0 Å². The van der Waals surface area contributed by atoms with Crippen molar-refractivity contribution < 1.29 is 20.1 Å². The lowest BCUT2D eigenvalue weighted by molar-refractivity contribution is -0.0513. The van der Waals surface area contributed by atoms with Crippen molar-refractivity contribution in [2.75, 3.05) is 12.3 Å². The Morgan fingerprint density at radius 1 is 1.36 bits per heavy atom. The monoisotopic (exact) mass is 307 g/mol. The molecule has 118 valence electrons. The van der Waals surface area contributed by atoms with E-state index < -0.39 is 31.1 Å². The molecule has 3 heterocycles. The van der Waals surface area contributed by atoms with Crippen molar-refractivity contribution in [1.82, 2.24) is 19.5 Å². The average molecular weight is 307 g/mol. The molecule has 3 rings (SSSR count). The molecule has 0 spiro atoms. The zero-order chi connectivity index (χ0) is 15.9. The summed E-state index contributed by atoms with van der Waals surface area (Å²) in [6.07, 6.45) is 0.516. The van der Waals surface area contributed by atoms with Gasteiger partial charge in [-0.05, 0) is 13.0 Å². The molecule has 0 aliphatic carbocycles. The number of ether oxygens (including phenoxy) is 1. The minimum atomic E-state index is -1.23. The molecular weight excluding hydrogens is 290 g/mol. The first-order chi connectivity index (χ1) is 10.6. The fraction of sp³-hybridized carbons (Fsp3) is 0.462. The Balaban J connectivity index is 2.17.